The summed E-state index contributed by atoms with van der Waals surface area (Å²) < 4.78 is 43.8. The van der Waals surface area contributed by atoms with Gasteiger partial charge < -0.3 is 4.57 Å². The summed E-state index contributed by atoms with van der Waals surface area (Å²) in [7, 11) is 0. The van der Waals surface area contributed by atoms with Gasteiger partial charge in [-0.25, -0.2) is 0 Å². The van der Waals surface area contributed by atoms with Gasteiger partial charge in [0.2, 0.25) is 0 Å². The van der Waals surface area contributed by atoms with Crippen molar-refractivity contribution in [2.24, 2.45) is 0 Å². The van der Waals surface area contributed by atoms with Crippen LogP contribution >= 0.6 is 0 Å². The van der Waals surface area contributed by atoms with Gasteiger partial charge in [-0.3, -0.25) is 0 Å². The quantitative estimate of drug-likeness (QED) is 0.279. The third kappa shape index (κ3) is 4.48. The second-order valence-electron chi connectivity index (χ2n) is 8.59. The number of benzene rings is 3. The predicted molar refractivity (Wildman–Crippen MR) is 128 cm³/mol. The van der Waals surface area contributed by atoms with E-state index in [1.165, 1.54) is 23.3 Å². The van der Waals surface area contributed by atoms with Gasteiger partial charge in [-0.2, -0.15) is 18.4 Å². The van der Waals surface area contributed by atoms with Crippen LogP contribution in [0.1, 0.15) is 61.8 Å². The summed E-state index contributed by atoms with van der Waals surface area (Å²) in [5.74, 6) is 0. The predicted octanol–water partition coefficient (Wildman–Crippen LogP) is 8.36. The minimum Gasteiger partial charge on any atom is -0.309 e. The summed E-state index contributed by atoms with van der Waals surface area (Å²) in [5.41, 5.74) is 3.11. The molecule has 0 amide bonds. The number of aryl methyl sites for hydroxylation is 2. The molecule has 0 bridgehead atoms. The fourth-order valence-electron chi connectivity index (χ4n) is 4.48. The zero-order chi connectivity index (χ0) is 23.6. The smallest absolute Gasteiger partial charge is 0.309 e. The molecule has 0 aliphatic rings. The first-order valence-electron chi connectivity index (χ1n) is 11.5. The molecule has 2 nitrogen and oxygen atoms in total. The molecule has 4 aromatic rings. The molecular weight excluding hydrogens is 421 g/mol. The van der Waals surface area contributed by atoms with E-state index in [-0.39, 0.29) is 11.3 Å². The number of nitrogens with zero attached hydrogens (tertiary/aromatic N) is 2. The molecule has 4 rings (SSSR count). The number of nitriles is 1. The van der Waals surface area contributed by atoms with E-state index in [1.807, 2.05) is 30.3 Å². The molecule has 1 aromatic heterocycles. The van der Waals surface area contributed by atoms with Crippen LogP contribution < -0.4 is 0 Å². The van der Waals surface area contributed by atoms with Crippen LogP contribution in [0.15, 0.2) is 54.6 Å². The molecule has 0 saturated heterocycles. The topological polar surface area (TPSA) is 28.7 Å². The van der Waals surface area contributed by atoms with Crippen LogP contribution in [0.5, 0.6) is 0 Å². The number of hydrogen-bond acceptors (Lipinski definition) is 1. The lowest BCUT2D eigenvalue weighted by molar-refractivity contribution is -0.137. The molecular formula is C28H27F3N2. The van der Waals surface area contributed by atoms with Crippen LogP contribution in [0, 0.1) is 11.3 Å². The van der Waals surface area contributed by atoms with E-state index in [2.05, 4.69) is 26.0 Å². The molecule has 0 spiro atoms. The first-order chi connectivity index (χ1) is 15.9. The van der Waals surface area contributed by atoms with Gasteiger partial charge in [0.05, 0.1) is 33.9 Å². The number of rotatable bonds is 7. The maximum atomic E-state index is 14.0. The summed E-state index contributed by atoms with van der Waals surface area (Å²) in [4.78, 5) is 0. The van der Waals surface area contributed by atoms with Crippen LogP contribution in [-0.2, 0) is 19.0 Å². The van der Waals surface area contributed by atoms with E-state index in [0.717, 1.165) is 66.4 Å². The molecule has 0 atom stereocenters. The van der Waals surface area contributed by atoms with E-state index >= 15 is 0 Å². The highest BCUT2D eigenvalue weighted by molar-refractivity contribution is 6.09. The number of hydrogen-bond donors (Lipinski definition) is 0. The average Bonchev–Trinajstić information content (AvgIpc) is 3.13. The molecule has 33 heavy (non-hydrogen) atoms. The standard InChI is InChI=1S/C28H27F3N2/c1-3-5-7-19-9-12-25-22(15-19)23-16-20(8-6-4-2)10-13-26(23)33(25)27-14-11-21(18-32)17-24(27)28(29,30)31/h9-17H,3-8H2,1-2H3. The Kier molecular flexibility index (Phi) is 6.47. The van der Waals surface area contributed by atoms with Gasteiger partial charge >= 0.3 is 6.18 Å². The molecule has 0 saturated carbocycles. The Bertz CT molecular complexity index is 1270. The van der Waals surface area contributed by atoms with Gasteiger partial charge in [-0.15, -0.1) is 0 Å². The van der Waals surface area contributed by atoms with Crippen LogP contribution in [-0.4, -0.2) is 4.57 Å². The van der Waals surface area contributed by atoms with Crippen LogP contribution in [0.4, 0.5) is 13.2 Å². The Hall–Kier alpha value is -3.26. The number of alkyl halides is 3. The first kappa shape index (κ1) is 22.9. The Morgan fingerprint density at radius 2 is 1.33 bits per heavy atom. The maximum Gasteiger partial charge on any atom is 0.418 e. The number of aromatic nitrogens is 1. The third-order valence-corrected chi connectivity index (χ3v) is 6.20. The van der Waals surface area contributed by atoms with Gasteiger partial charge in [0.1, 0.15) is 0 Å². The van der Waals surface area contributed by atoms with Crippen molar-refractivity contribution in [3.8, 4) is 11.8 Å². The minimum atomic E-state index is -4.58. The van der Waals surface area contributed by atoms with Gasteiger partial charge in [0.15, 0.2) is 0 Å². The van der Waals surface area contributed by atoms with Crippen LogP contribution in [0.25, 0.3) is 27.5 Å². The number of unbranched alkanes of at least 4 members (excludes halogenated alkanes) is 2. The van der Waals surface area contributed by atoms with E-state index in [0.29, 0.717) is 0 Å². The summed E-state index contributed by atoms with van der Waals surface area (Å²) in [6, 6.07) is 17.8. The SMILES string of the molecule is CCCCc1ccc2c(c1)c1cc(CCCC)ccc1n2-c1ccc(C#N)cc1C(F)(F)F. The summed E-state index contributed by atoms with van der Waals surface area (Å²) >= 11 is 0. The van der Waals surface area contributed by atoms with E-state index in [1.54, 1.807) is 4.57 Å². The molecule has 3 aromatic carbocycles. The van der Waals surface area contributed by atoms with Gasteiger partial charge in [-0.05, 0) is 79.3 Å². The Morgan fingerprint density at radius 3 is 1.79 bits per heavy atom. The summed E-state index contributed by atoms with van der Waals surface area (Å²) in [6.07, 6.45) is 1.62. The van der Waals surface area contributed by atoms with E-state index in [9.17, 15) is 18.4 Å². The molecule has 170 valence electrons. The monoisotopic (exact) mass is 448 g/mol. The molecule has 0 aliphatic carbocycles. The van der Waals surface area contributed by atoms with Crippen molar-refractivity contribution in [3.05, 3.63) is 76.9 Å². The molecule has 5 heteroatoms. The van der Waals surface area contributed by atoms with Crippen molar-refractivity contribution in [1.82, 2.24) is 4.57 Å². The van der Waals surface area contributed by atoms with Crippen molar-refractivity contribution in [2.45, 2.75) is 58.5 Å². The zero-order valence-electron chi connectivity index (χ0n) is 19.0. The van der Waals surface area contributed by atoms with Crippen molar-refractivity contribution in [1.29, 1.82) is 5.26 Å². The van der Waals surface area contributed by atoms with Crippen molar-refractivity contribution >= 4 is 21.8 Å². The lowest BCUT2D eigenvalue weighted by atomic mass is 10.0. The molecule has 0 N–H and O–H groups in total. The summed E-state index contributed by atoms with van der Waals surface area (Å²) in [6.45, 7) is 4.29. The Balaban J connectivity index is 2.03. The lowest BCUT2D eigenvalue weighted by Crippen LogP contribution is -2.11. The highest BCUT2D eigenvalue weighted by Crippen LogP contribution is 2.39. The minimum absolute atomic E-state index is 0.00412. The average molecular weight is 449 g/mol. The number of fused-ring (bicyclic) bond motifs is 3. The Morgan fingerprint density at radius 1 is 0.788 bits per heavy atom. The van der Waals surface area contributed by atoms with Crippen molar-refractivity contribution < 1.29 is 13.2 Å². The van der Waals surface area contributed by atoms with E-state index < -0.39 is 11.7 Å². The lowest BCUT2D eigenvalue weighted by Gasteiger charge is -2.16. The highest BCUT2D eigenvalue weighted by atomic mass is 19.4. The molecule has 0 radical (unpaired) electrons. The molecule has 0 unspecified atom stereocenters. The Labute approximate surface area is 192 Å². The van der Waals surface area contributed by atoms with E-state index in [4.69, 9.17) is 0 Å². The van der Waals surface area contributed by atoms with Crippen molar-refractivity contribution in [2.75, 3.05) is 0 Å². The zero-order valence-corrected chi connectivity index (χ0v) is 19.0. The van der Waals surface area contributed by atoms with Crippen LogP contribution in [0.3, 0.4) is 0 Å². The molecule has 0 aliphatic heterocycles. The summed E-state index contributed by atoms with van der Waals surface area (Å²) in [5, 5.41) is 11.1. The van der Waals surface area contributed by atoms with Gasteiger partial charge in [-0.1, -0.05) is 38.8 Å². The van der Waals surface area contributed by atoms with Gasteiger partial charge in [0.25, 0.3) is 0 Å². The fraction of sp³-hybridized carbons (Fsp3) is 0.321. The second-order valence-corrected chi connectivity index (χ2v) is 8.59. The first-order valence-corrected chi connectivity index (χ1v) is 11.5. The number of halogens is 3. The highest BCUT2D eigenvalue weighted by Gasteiger charge is 2.35. The maximum absolute atomic E-state index is 14.0. The molecule has 1 heterocycles. The normalized spacial score (nSPS) is 11.9. The third-order valence-electron chi connectivity index (χ3n) is 6.20. The van der Waals surface area contributed by atoms with Gasteiger partial charge in [0, 0.05) is 10.8 Å². The second kappa shape index (κ2) is 9.31. The fourth-order valence-corrected chi connectivity index (χ4v) is 4.48. The largest absolute Gasteiger partial charge is 0.418 e. The molecule has 0 fully saturated rings. The van der Waals surface area contributed by atoms with Crippen molar-refractivity contribution in [3.63, 3.8) is 0 Å². The van der Waals surface area contributed by atoms with Crippen LogP contribution in [0.2, 0.25) is 0 Å².